The molecule has 0 aliphatic rings. The Labute approximate surface area is 238 Å². The summed E-state index contributed by atoms with van der Waals surface area (Å²) in [5.74, 6) is -3.45. The standard InChI is InChI=1S/C11H11N3O3.C10H8N2O4.CH4.2Ag.O/c1-14(2)10(15)7-6-4-3-5-12-9(6)13-8(7)11(16)17;1-16-10(15)7-6(9(13)14)5-3-2-4-11-8(5)12-7;;;;/h3-5H,1-2H3,(H,12,13)(H,16,17);2-4H,1H3,(H,11,12)(H,13,14);1H4;;;. The van der Waals surface area contributed by atoms with Crippen LogP contribution in [0.3, 0.4) is 0 Å². The molecule has 0 unspecified atom stereocenters. The molecule has 0 spiro atoms. The summed E-state index contributed by atoms with van der Waals surface area (Å²) < 4.78 is 12.6. The number of rotatable bonds is 4. The molecule has 0 aromatic carbocycles. The maximum atomic E-state index is 12.0. The van der Waals surface area contributed by atoms with Crippen LogP contribution in [0.1, 0.15) is 49.1 Å². The number of methoxy groups -OCH3 is 1. The number of H-pyrrole nitrogens is 2. The van der Waals surface area contributed by atoms with E-state index < -0.39 is 17.9 Å². The van der Waals surface area contributed by atoms with E-state index >= 15 is 0 Å². The van der Waals surface area contributed by atoms with Crippen LogP contribution in [0, 0.1) is 0 Å². The van der Waals surface area contributed by atoms with E-state index in [4.69, 9.17) is 13.5 Å². The van der Waals surface area contributed by atoms with Gasteiger partial charge in [-0.3, -0.25) is 4.79 Å². The number of esters is 1. The van der Waals surface area contributed by atoms with Gasteiger partial charge in [0.2, 0.25) is 0 Å². The van der Waals surface area contributed by atoms with Crippen molar-refractivity contribution >= 4 is 45.9 Å². The second-order valence-corrected chi connectivity index (χ2v) is 6.85. The first-order chi connectivity index (χ1) is 16.7. The van der Waals surface area contributed by atoms with Crippen LogP contribution in [0.4, 0.5) is 0 Å². The average Bonchev–Trinajstić information content (AvgIpc) is 3.44. The van der Waals surface area contributed by atoms with Crippen molar-refractivity contribution in [2.75, 3.05) is 21.2 Å². The second-order valence-electron chi connectivity index (χ2n) is 6.85. The molecule has 4 N–H and O–H groups in total. The molecule has 0 fully saturated rings. The number of fused-ring (bicyclic) bond motifs is 2. The Morgan fingerprint density at radius 3 is 1.73 bits per heavy atom. The number of hydrogen-bond donors (Lipinski definition) is 4. The minimum absolute atomic E-state index is 0. The summed E-state index contributed by atoms with van der Waals surface area (Å²) in [5, 5.41) is 19.0. The predicted molar refractivity (Wildman–Crippen MR) is 123 cm³/mol. The number of carbonyl (C=O) groups excluding carboxylic acids is 2. The number of nitrogens with zero attached hydrogens (tertiary/aromatic N) is 3. The molecule has 0 aliphatic carbocycles. The van der Waals surface area contributed by atoms with Crippen molar-refractivity contribution in [1.29, 1.82) is 0 Å². The summed E-state index contributed by atoms with van der Waals surface area (Å²) >= 11 is 1.70. The van der Waals surface area contributed by atoms with Gasteiger partial charge >= 0.3 is 42.2 Å². The summed E-state index contributed by atoms with van der Waals surface area (Å²) in [4.78, 5) is 60.0. The molecule has 13 nitrogen and oxygen atoms in total. The molecule has 1 amide bonds. The molecule has 0 aliphatic heterocycles. The van der Waals surface area contributed by atoms with Gasteiger partial charge in [0, 0.05) is 59.6 Å². The zero-order valence-electron chi connectivity index (χ0n) is 18.8. The van der Waals surface area contributed by atoms with Gasteiger partial charge in [-0.2, -0.15) is 0 Å². The molecule has 4 aromatic rings. The number of hydrogen-bond acceptors (Lipinski definition) is 8. The molecule has 4 heterocycles. The number of nitrogens with one attached hydrogen (secondary N) is 2. The molecule has 0 saturated heterocycles. The van der Waals surface area contributed by atoms with E-state index in [0.29, 0.717) is 22.1 Å². The topological polar surface area (TPSA) is 196 Å². The number of pyridine rings is 2. The zero-order valence-corrected chi connectivity index (χ0v) is 21.7. The number of aromatic nitrogens is 4. The Hall–Kier alpha value is -3.46. The molecule has 0 bridgehead atoms. The van der Waals surface area contributed by atoms with Gasteiger partial charge in [0.25, 0.3) is 5.91 Å². The number of ether oxygens (including phenoxy) is 1. The fourth-order valence-corrected chi connectivity index (χ4v) is 3.13. The number of aromatic carboxylic acids is 2. The molecule has 37 heavy (non-hydrogen) atoms. The van der Waals surface area contributed by atoms with Crippen LogP contribution in [0.15, 0.2) is 36.7 Å². The second kappa shape index (κ2) is 14.9. The molecule has 0 atom stereocenters. The molecule has 15 heteroatoms. The van der Waals surface area contributed by atoms with Gasteiger partial charge in [0.1, 0.15) is 28.2 Å². The summed E-state index contributed by atoms with van der Waals surface area (Å²) in [6, 6.07) is 6.51. The van der Waals surface area contributed by atoms with Crippen molar-refractivity contribution in [1.82, 2.24) is 24.8 Å². The molecule has 4 aromatic heterocycles. The van der Waals surface area contributed by atoms with E-state index in [0.717, 1.165) is 0 Å². The molecular formula is C22H23Ag2N5O8. The Kier molecular flexibility index (Phi) is 13.5. The van der Waals surface area contributed by atoms with Crippen molar-refractivity contribution in [2.24, 2.45) is 0 Å². The third-order valence-corrected chi connectivity index (χ3v) is 4.58. The van der Waals surface area contributed by atoms with E-state index in [9.17, 15) is 19.2 Å². The number of amides is 1. The third kappa shape index (κ3) is 7.29. The van der Waals surface area contributed by atoms with Gasteiger partial charge < -0.3 is 29.8 Å². The van der Waals surface area contributed by atoms with Gasteiger partial charge in [-0.05, 0) is 24.3 Å². The van der Waals surface area contributed by atoms with E-state index in [2.05, 4.69) is 24.7 Å². The Morgan fingerprint density at radius 2 is 1.32 bits per heavy atom. The molecule has 4 rings (SSSR count). The van der Waals surface area contributed by atoms with Gasteiger partial charge in [0.05, 0.1) is 12.7 Å². The molecule has 1 radical (unpaired) electrons. The first-order valence-electron chi connectivity index (χ1n) is 9.49. The van der Waals surface area contributed by atoms with Crippen molar-refractivity contribution in [3.8, 4) is 0 Å². The summed E-state index contributed by atoms with van der Waals surface area (Å²) in [7, 11) is 4.33. The number of carboxylic acid groups (broad SMARTS) is 2. The fraction of sp³-hybridized carbons (Fsp3) is 0.182. The normalized spacial score (nSPS) is 9.43. The zero-order chi connectivity index (χ0) is 26.3. The monoisotopic (exact) mass is 699 g/mol. The summed E-state index contributed by atoms with van der Waals surface area (Å²) in [6.07, 6.45) is 3.04. The van der Waals surface area contributed by atoms with E-state index in [1.54, 1.807) is 59.4 Å². The average molecular weight is 701 g/mol. The Morgan fingerprint density at radius 1 is 0.865 bits per heavy atom. The molecular weight excluding hydrogens is 678 g/mol. The number of aromatic amines is 2. The van der Waals surface area contributed by atoms with Crippen LogP contribution in [-0.4, -0.2) is 80.1 Å². The summed E-state index contributed by atoms with van der Waals surface area (Å²) in [6.45, 7) is 0. The van der Waals surface area contributed by atoms with Crippen molar-refractivity contribution < 1.29 is 80.8 Å². The minimum atomic E-state index is -1.19. The van der Waals surface area contributed by atoms with Crippen molar-refractivity contribution in [3.63, 3.8) is 0 Å². The van der Waals surface area contributed by atoms with E-state index in [1.165, 1.54) is 24.4 Å². The molecule has 206 valence electrons. The van der Waals surface area contributed by atoms with Crippen LogP contribution in [0.5, 0.6) is 0 Å². The Balaban J connectivity index is 0.000000626. The van der Waals surface area contributed by atoms with Gasteiger partial charge in [-0.1, -0.05) is 7.43 Å². The molecule has 0 saturated carbocycles. The predicted octanol–water partition coefficient (Wildman–Crippen LogP) is 2.52. The van der Waals surface area contributed by atoms with Crippen LogP contribution in [0.25, 0.3) is 22.1 Å². The first-order valence-corrected chi connectivity index (χ1v) is 10.1. The van der Waals surface area contributed by atoms with Gasteiger partial charge in [0.15, 0.2) is 0 Å². The quantitative estimate of drug-likeness (QED) is 0.181. The number of carboxylic acids is 2. The van der Waals surface area contributed by atoms with Crippen molar-refractivity contribution in [3.05, 3.63) is 59.2 Å². The van der Waals surface area contributed by atoms with E-state index in [-0.39, 0.29) is 58.2 Å². The van der Waals surface area contributed by atoms with Crippen LogP contribution in [-0.2, 0) is 51.4 Å². The third-order valence-electron chi connectivity index (χ3n) is 4.58. The van der Waals surface area contributed by atoms with Gasteiger partial charge in [-0.15, -0.1) is 0 Å². The SMILES string of the molecule is C.CN(C)C(=O)c1c(C(=O)O)[nH]c2ncccc12.COC(=O)c1[nH]c2ncccc2c1C(=O)O.[Ag].[O]=[Ag]. The maximum absolute atomic E-state index is 12.0. The van der Waals surface area contributed by atoms with E-state index in [1.807, 2.05) is 0 Å². The summed E-state index contributed by atoms with van der Waals surface area (Å²) in [5.41, 5.74) is 0.553. The van der Waals surface area contributed by atoms with Gasteiger partial charge in [-0.25, -0.2) is 24.4 Å². The van der Waals surface area contributed by atoms with Crippen LogP contribution < -0.4 is 0 Å². The Bertz CT molecular complexity index is 1420. The first kappa shape index (κ1) is 33.5. The number of carbonyl (C=O) groups is 4. The van der Waals surface area contributed by atoms with Crippen LogP contribution >= 0.6 is 0 Å². The van der Waals surface area contributed by atoms with Crippen LogP contribution in [0.2, 0.25) is 0 Å². The fourth-order valence-electron chi connectivity index (χ4n) is 3.13. The van der Waals surface area contributed by atoms with Crippen molar-refractivity contribution in [2.45, 2.75) is 7.43 Å².